The molecule has 0 aliphatic heterocycles. The molecule has 0 fully saturated rings. The Morgan fingerprint density at radius 3 is 2.76 bits per heavy atom. The normalized spacial score (nSPS) is 10.5. The van der Waals surface area contributed by atoms with Crippen molar-refractivity contribution in [3.05, 3.63) is 41.7 Å². The van der Waals surface area contributed by atoms with Gasteiger partial charge in [0.05, 0.1) is 13.5 Å². The van der Waals surface area contributed by atoms with Gasteiger partial charge in [0, 0.05) is 5.39 Å². The average molecular weight is 234 g/mol. The first-order valence-electron chi connectivity index (χ1n) is 5.08. The summed E-state index contributed by atoms with van der Waals surface area (Å²) in [6.07, 6.45) is -0.312. The van der Waals surface area contributed by atoms with Crippen molar-refractivity contribution in [2.45, 2.75) is 6.42 Å². The Hall–Kier alpha value is -2.10. The Balaban J connectivity index is 2.56. The molecule has 88 valence electrons. The molecule has 0 saturated heterocycles. The van der Waals surface area contributed by atoms with Gasteiger partial charge in [-0.1, -0.05) is 12.1 Å². The van der Waals surface area contributed by atoms with Crippen molar-refractivity contribution in [1.29, 1.82) is 0 Å². The summed E-state index contributed by atoms with van der Waals surface area (Å²) in [5.41, 5.74) is 0.190. The van der Waals surface area contributed by atoms with Crippen LogP contribution in [0.1, 0.15) is 5.56 Å². The standard InChI is InChI=1S/C13H11FO3/c1-17-10-4-5-11-8(6-10)2-3-9(13(11)14)7-12(15)16/h2-6H,7H2,1H3,(H,15,16). The second-order valence-electron chi connectivity index (χ2n) is 3.70. The van der Waals surface area contributed by atoms with Crippen molar-refractivity contribution < 1.29 is 19.0 Å². The van der Waals surface area contributed by atoms with E-state index in [-0.39, 0.29) is 12.0 Å². The van der Waals surface area contributed by atoms with Crippen LogP contribution in [-0.2, 0) is 11.2 Å². The number of fused-ring (bicyclic) bond motifs is 1. The second kappa shape index (κ2) is 4.41. The summed E-state index contributed by atoms with van der Waals surface area (Å²) < 4.78 is 19.0. The van der Waals surface area contributed by atoms with Gasteiger partial charge in [0.15, 0.2) is 0 Å². The number of hydrogen-bond donors (Lipinski definition) is 1. The summed E-state index contributed by atoms with van der Waals surface area (Å²) in [5, 5.41) is 9.76. The molecule has 0 atom stereocenters. The highest BCUT2D eigenvalue weighted by atomic mass is 19.1. The van der Waals surface area contributed by atoms with Crippen molar-refractivity contribution in [2.24, 2.45) is 0 Å². The van der Waals surface area contributed by atoms with Crippen LogP contribution in [0.4, 0.5) is 4.39 Å². The second-order valence-corrected chi connectivity index (χ2v) is 3.70. The van der Waals surface area contributed by atoms with Crippen molar-refractivity contribution in [3.8, 4) is 5.75 Å². The fourth-order valence-electron chi connectivity index (χ4n) is 1.74. The summed E-state index contributed by atoms with van der Waals surface area (Å²) in [4.78, 5) is 10.6. The van der Waals surface area contributed by atoms with Gasteiger partial charge >= 0.3 is 5.97 Å². The molecule has 0 unspecified atom stereocenters. The molecule has 0 spiro atoms. The summed E-state index contributed by atoms with van der Waals surface area (Å²) >= 11 is 0. The van der Waals surface area contributed by atoms with Gasteiger partial charge in [-0.15, -0.1) is 0 Å². The topological polar surface area (TPSA) is 46.5 Å². The van der Waals surface area contributed by atoms with Gasteiger partial charge in [0.2, 0.25) is 0 Å². The Kier molecular flexibility index (Phi) is 2.95. The molecule has 0 amide bonds. The molecule has 0 aliphatic carbocycles. The van der Waals surface area contributed by atoms with Crippen LogP contribution < -0.4 is 4.74 Å². The lowest BCUT2D eigenvalue weighted by atomic mass is 10.0. The van der Waals surface area contributed by atoms with E-state index in [1.807, 2.05) is 0 Å². The number of ether oxygens (including phenoxy) is 1. The van der Waals surface area contributed by atoms with Crippen LogP contribution in [-0.4, -0.2) is 18.2 Å². The van der Waals surface area contributed by atoms with Crippen molar-refractivity contribution in [1.82, 2.24) is 0 Å². The number of methoxy groups -OCH3 is 1. The minimum absolute atomic E-state index is 0.190. The molecule has 2 aromatic rings. The molecule has 1 N–H and O–H groups in total. The van der Waals surface area contributed by atoms with Gasteiger partial charge in [-0.3, -0.25) is 4.79 Å². The zero-order valence-corrected chi connectivity index (χ0v) is 9.24. The highest BCUT2D eigenvalue weighted by Crippen LogP contribution is 2.25. The summed E-state index contributed by atoms with van der Waals surface area (Å²) in [5.74, 6) is -0.882. The molecule has 4 heteroatoms. The molecule has 0 radical (unpaired) electrons. The van der Waals surface area contributed by atoms with E-state index in [4.69, 9.17) is 9.84 Å². The third kappa shape index (κ3) is 2.20. The first-order valence-corrected chi connectivity index (χ1v) is 5.08. The maximum absolute atomic E-state index is 14.0. The zero-order chi connectivity index (χ0) is 12.4. The molecule has 0 aliphatic rings. The highest BCUT2D eigenvalue weighted by Gasteiger charge is 2.10. The van der Waals surface area contributed by atoms with Crippen LogP contribution in [0.3, 0.4) is 0 Å². The number of halogens is 1. The van der Waals surface area contributed by atoms with Crippen LogP contribution in [0.25, 0.3) is 10.8 Å². The lowest BCUT2D eigenvalue weighted by molar-refractivity contribution is -0.136. The van der Waals surface area contributed by atoms with E-state index in [0.717, 1.165) is 0 Å². The fraction of sp³-hybridized carbons (Fsp3) is 0.154. The maximum atomic E-state index is 14.0. The quantitative estimate of drug-likeness (QED) is 0.887. The first kappa shape index (κ1) is 11.4. The lowest BCUT2D eigenvalue weighted by Gasteiger charge is -2.06. The fourth-order valence-corrected chi connectivity index (χ4v) is 1.74. The van der Waals surface area contributed by atoms with Crippen LogP contribution in [0, 0.1) is 5.82 Å². The average Bonchev–Trinajstić information content (AvgIpc) is 2.32. The predicted octanol–water partition coefficient (Wildman–Crippen LogP) is 2.61. The molecule has 2 aromatic carbocycles. The number of hydrogen-bond acceptors (Lipinski definition) is 2. The van der Waals surface area contributed by atoms with Crippen LogP contribution >= 0.6 is 0 Å². The minimum Gasteiger partial charge on any atom is -0.497 e. The molecule has 0 saturated carbocycles. The van der Waals surface area contributed by atoms with E-state index in [9.17, 15) is 9.18 Å². The number of rotatable bonds is 3. The summed E-state index contributed by atoms with van der Waals surface area (Å²) in [6, 6.07) is 8.14. The number of carbonyl (C=O) groups is 1. The zero-order valence-electron chi connectivity index (χ0n) is 9.24. The van der Waals surface area contributed by atoms with Crippen molar-refractivity contribution >= 4 is 16.7 Å². The largest absolute Gasteiger partial charge is 0.497 e. The van der Waals surface area contributed by atoms with E-state index in [1.165, 1.54) is 13.2 Å². The molecule has 2 rings (SSSR count). The number of benzene rings is 2. The van der Waals surface area contributed by atoms with E-state index in [2.05, 4.69) is 0 Å². The molecule has 0 heterocycles. The third-order valence-corrected chi connectivity index (χ3v) is 2.58. The highest BCUT2D eigenvalue weighted by molar-refractivity contribution is 5.86. The van der Waals surface area contributed by atoms with E-state index < -0.39 is 11.8 Å². The van der Waals surface area contributed by atoms with Gasteiger partial charge < -0.3 is 9.84 Å². The minimum atomic E-state index is -1.04. The molecular formula is C13H11FO3. The third-order valence-electron chi connectivity index (χ3n) is 2.58. The Labute approximate surface area is 97.4 Å². The monoisotopic (exact) mass is 234 g/mol. The Morgan fingerprint density at radius 2 is 2.12 bits per heavy atom. The first-order chi connectivity index (χ1) is 8.11. The van der Waals surface area contributed by atoms with Crippen molar-refractivity contribution in [2.75, 3.05) is 7.11 Å². The summed E-state index contributed by atoms with van der Waals surface area (Å²) in [6.45, 7) is 0. The SMILES string of the molecule is COc1ccc2c(F)c(CC(=O)O)ccc2c1. The molecular weight excluding hydrogens is 223 g/mol. The van der Waals surface area contributed by atoms with Gasteiger partial charge in [-0.05, 0) is 29.1 Å². The van der Waals surface area contributed by atoms with Crippen LogP contribution in [0.2, 0.25) is 0 Å². The predicted molar refractivity (Wildman–Crippen MR) is 61.8 cm³/mol. The maximum Gasteiger partial charge on any atom is 0.307 e. The molecule has 0 bridgehead atoms. The van der Waals surface area contributed by atoms with Gasteiger partial charge in [0.1, 0.15) is 11.6 Å². The van der Waals surface area contributed by atoms with Crippen molar-refractivity contribution in [3.63, 3.8) is 0 Å². The number of aliphatic carboxylic acids is 1. The van der Waals surface area contributed by atoms with Gasteiger partial charge in [0.25, 0.3) is 0 Å². The number of carboxylic acid groups (broad SMARTS) is 1. The van der Waals surface area contributed by atoms with E-state index >= 15 is 0 Å². The molecule has 3 nitrogen and oxygen atoms in total. The smallest absolute Gasteiger partial charge is 0.307 e. The van der Waals surface area contributed by atoms with Gasteiger partial charge in [-0.2, -0.15) is 0 Å². The Morgan fingerprint density at radius 1 is 1.35 bits per heavy atom. The van der Waals surface area contributed by atoms with E-state index in [1.54, 1.807) is 24.3 Å². The summed E-state index contributed by atoms with van der Waals surface area (Å²) in [7, 11) is 1.54. The number of carboxylic acids is 1. The van der Waals surface area contributed by atoms with E-state index in [0.29, 0.717) is 16.5 Å². The Bertz CT molecular complexity index is 578. The molecule has 17 heavy (non-hydrogen) atoms. The molecule has 0 aromatic heterocycles. The van der Waals surface area contributed by atoms with Gasteiger partial charge in [-0.25, -0.2) is 4.39 Å². The van der Waals surface area contributed by atoms with Crippen LogP contribution in [0.5, 0.6) is 5.75 Å². The van der Waals surface area contributed by atoms with Crippen LogP contribution in [0.15, 0.2) is 30.3 Å². The lowest BCUT2D eigenvalue weighted by Crippen LogP contribution is -2.02.